The van der Waals surface area contributed by atoms with Crippen LogP contribution < -0.4 is 0 Å². The van der Waals surface area contributed by atoms with E-state index in [2.05, 4.69) is 89.7 Å². The molecule has 7 rings (SSSR count). The second-order valence-electron chi connectivity index (χ2n) is 8.78. The molecule has 1 aromatic heterocycles. The van der Waals surface area contributed by atoms with Crippen LogP contribution in [0.5, 0.6) is 0 Å². The predicted molar refractivity (Wildman–Crippen MR) is 137 cm³/mol. The molecule has 3 aromatic carbocycles. The van der Waals surface area contributed by atoms with Gasteiger partial charge < -0.3 is 4.98 Å². The summed E-state index contributed by atoms with van der Waals surface area (Å²) in [5.74, 6) is 1.26. The molecule has 4 aromatic rings. The van der Waals surface area contributed by atoms with Crippen LogP contribution in [-0.4, -0.2) is 11.2 Å². The largest absolute Gasteiger partial charge is 0.370 e. The van der Waals surface area contributed by atoms with E-state index in [1.54, 1.807) is 0 Å². The van der Waals surface area contributed by atoms with E-state index in [0.29, 0.717) is 0 Å². The van der Waals surface area contributed by atoms with Crippen LogP contribution in [0.2, 0.25) is 0 Å². The van der Waals surface area contributed by atoms with Gasteiger partial charge in [0.15, 0.2) is 0 Å². The molecule has 2 aliphatic carbocycles. The molecule has 3 aliphatic rings. The van der Waals surface area contributed by atoms with Gasteiger partial charge in [-0.05, 0) is 60.5 Å². The minimum Gasteiger partial charge on any atom is -0.370 e. The summed E-state index contributed by atoms with van der Waals surface area (Å²) in [6.45, 7) is 2.17. The summed E-state index contributed by atoms with van der Waals surface area (Å²) in [4.78, 5) is 9.10. The number of aryl methyl sites for hydroxylation is 1. The van der Waals surface area contributed by atoms with Gasteiger partial charge in [0.2, 0.25) is 0 Å². The minimum absolute atomic E-state index is 1.01. The van der Waals surface area contributed by atoms with Crippen molar-refractivity contribution in [3.63, 3.8) is 0 Å². The van der Waals surface area contributed by atoms with Crippen molar-refractivity contribution >= 4 is 28.6 Å². The molecule has 0 atom stereocenters. The van der Waals surface area contributed by atoms with E-state index in [9.17, 15) is 0 Å². The van der Waals surface area contributed by atoms with E-state index in [0.717, 1.165) is 17.0 Å². The van der Waals surface area contributed by atoms with Crippen molar-refractivity contribution < 1.29 is 0 Å². The molecule has 1 aliphatic heterocycles. The van der Waals surface area contributed by atoms with Crippen LogP contribution in [-0.2, 0) is 0 Å². The maximum Gasteiger partial charge on any atom is 0.124 e. The number of hydrogen-bond acceptors (Lipinski definition) is 2. The summed E-state index contributed by atoms with van der Waals surface area (Å²) in [5.41, 5.74) is 12.0. The zero-order valence-corrected chi connectivity index (χ0v) is 18.2. The molecule has 2 heterocycles. The van der Waals surface area contributed by atoms with Gasteiger partial charge >= 0.3 is 0 Å². The molecule has 154 valence electrons. The highest BCUT2D eigenvalue weighted by molar-refractivity contribution is 6.06. The Balaban J connectivity index is 1.49. The Morgan fingerprint density at radius 1 is 0.939 bits per heavy atom. The highest BCUT2D eigenvalue weighted by atomic mass is 14.7. The molecule has 0 bridgehead atoms. The van der Waals surface area contributed by atoms with Gasteiger partial charge in [0.25, 0.3) is 0 Å². The first kappa shape index (κ1) is 18.3. The van der Waals surface area contributed by atoms with E-state index in [1.165, 1.54) is 55.7 Å². The van der Waals surface area contributed by atoms with Crippen LogP contribution in [0.25, 0.3) is 33.7 Å². The molecule has 0 amide bonds. The number of aliphatic imine (C=N–C) groups is 1. The van der Waals surface area contributed by atoms with Crippen molar-refractivity contribution in [2.24, 2.45) is 4.99 Å². The molecule has 0 saturated carbocycles. The lowest BCUT2D eigenvalue weighted by Gasteiger charge is -2.25. The van der Waals surface area contributed by atoms with Crippen molar-refractivity contribution in [1.29, 1.82) is 0 Å². The third-order valence-corrected chi connectivity index (χ3v) is 6.74. The fourth-order valence-corrected chi connectivity index (χ4v) is 5.27. The van der Waals surface area contributed by atoms with Gasteiger partial charge in [-0.3, -0.25) is 0 Å². The first-order chi connectivity index (χ1) is 16.3. The molecule has 2 nitrogen and oxygen atoms in total. The lowest BCUT2D eigenvalue weighted by Crippen LogP contribution is -2.14. The summed E-state index contributed by atoms with van der Waals surface area (Å²) in [6.07, 6.45) is 14.7. The topological polar surface area (TPSA) is 25.2 Å². The molecule has 0 saturated heterocycles. The Morgan fingerprint density at radius 3 is 2.61 bits per heavy atom. The third-order valence-electron chi connectivity index (χ3n) is 6.74. The summed E-state index contributed by atoms with van der Waals surface area (Å²) >= 11 is 0. The lowest BCUT2D eigenvalue weighted by molar-refractivity contribution is 1.21. The number of hydrogen-bond donors (Lipinski definition) is 0. The first-order valence-electron chi connectivity index (χ1n) is 11.2. The SMILES string of the molecule is Cc1cc2c3c4c(ccc3c1)C(c1ccc(-c3c[cH-]cn3)cc1)=CC(=C1C=CC=N1)[C+]4C=C2. The smallest absolute Gasteiger partial charge is 0.124 e. The van der Waals surface area contributed by atoms with Crippen LogP contribution >= 0.6 is 0 Å². The number of benzene rings is 3. The van der Waals surface area contributed by atoms with Gasteiger partial charge in [0.05, 0.1) is 22.4 Å². The lowest BCUT2D eigenvalue weighted by atomic mass is 9.72. The van der Waals surface area contributed by atoms with Crippen LogP contribution in [0.1, 0.15) is 27.8 Å². The zero-order valence-electron chi connectivity index (χ0n) is 18.2. The average molecular weight is 421 g/mol. The van der Waals surface area contributed by atoms with Gasteiger partial charge in [-0.15, -0.1) is 0 Å². The van der Waals surface area contributed by atoms with Gasteiger partial charge in [-0.25, -0.2) is 4.99 Å². The van der Waals surface area contributed by atoms with E-state index < -0.39 is 0 Å². The minimum atomic E-state index is 1.01. The summed E-state index contributed by atoms with van der Waals surface area (Å²) in [5, 5.41) is 2.63. The molecular formula is C31H20N2. The van der Waals surface area contributed by atoms with Crippen LogP contribution in [0.15, 0.2) is 107 Å². The highest BCUT2D eigenvalue weighted by Crippen LogP contribution is 2.48. The average Bonchev–Trinajstić information content (AvgIpc) is 3.57. The molecule has 0 fully saturated rings. The predicted octanol–water partition coefficient (Wildman–Crippen LogP) is 7.22. The van der Waals surface area contributed by atoms with Gasteiger partial charge in [0.1, 0.15) is 5.70 Å². The number of nitrogens with zero attached hydrogens (tertiary/aromatic N) is 2. The second-order valence-corrected chi connectivity index (χ2v) is 8.78. The fourth-order valence-electron chi connectivity index (χ4n) is 5.27. The summed E-state index contributed by atoms with van der Waals surface area (Å²) in [7, 11) is 0. The Morgan fingerprint density at radius 2 is 1.82 bits per heavy atom. The normalized spacial score (nSPS) is 17.8. The van der Waals surface area contributed by atoms with Gasteiger partial charge in [0, 0.05) is 40.5 Å². The molecule has 0 unspecified atom stereocenters. The van der Waals surface area contributed by atoms with Crippen LogP contribution in [0.3, 0.4) is 0 Å². The molecule has 0 radical (unpaired) electrons. The standard InChI is InChI=1S/C31H20N2/c1-19-16-22-10-12-24-26(20-6-8-21(9-7-20)28-4-2-14-32-28)18-27(29-5-3-15-33-29)25-13-11-23(17-19)30(22)31(24)25/h2-18H,1H3. The third kappa shape index (κ3) is 2.74. The number of rotatable bonds is 2. The van der Waals surface area contributed by atoms with Crippen molar-refractivity contribution in [2.75, 3.05) is 0 Å². The first-order valence-corrected chi connectivity index (χ1v) is 11.2. The van der Waals surface area contributed by atoms with Crippen molar-refractivity contribution in [2.45, 2.75) is 6.92 Å². The summed E-state index contributed by atoms with van der Waals surface area (Å²) < 4.78 is 0. The second kappa shape index (κ2) is 6.85. The van der Waals surface area contributed by atoms with E-state index in [1.807, 2.05) is 30.6 Å². The Hall–Kier alpha value is -4.30. The zero-order chi connectivity index (χ0) is 21.9. The maximum absolute atomic E-state index is 4.66. The maximum atomic E-state index is 4.66. The molecule has 2 heteroatoms. The highest BCUT2D eigenvalue weighted by Gasteiger charge is 2.37. The van der Waals surface area contributed by atoms with Crippen molar-refractivity contribution in [3.05, 3.63) is 136 Å². The summed E-state index contributed by atoms with van der Waals surface area (Å²) in [6, 6.07) is 21.9. The number of aromatic nitrogens is 1. The van der Waals surface area contributed by atoms with E-state index in [-0.39, 0.29) is 0 Å². The van der Waals surface area contributed by atoms with E-state index >= 15 is 0 Å². The molecule has 0 spiro atoms. The Kier molecular flexibility index (Phi) is 3.80. The van der Waals surface area contributed by atoms with Crippen LogP contribution in [0, 0.1) is 12.8 Å². The molecule has 33 heavy (non-hydrogen) atoms. The molecular weight excluding hydrogens is 400 g/mol. The monoisotopic (exact) mass is 420 g/mol. The fraction of sp³-hybridized carbons (Fsp3) is 0.0323. The molecule has 0 N–H and O–H groups in total. The van der Waals surface area contributed by atoms with Crippen molar-refractivity contribution in [1.82, 2.24) is 4.98 Å². The van der Waals surface area contributed by atoms with Gasteiger partial charge in [-0.1, -0.05) is 41.7 Å². The number of allylic oxidation sites excluding steroid dienone is 5. The quantitative estimate of drug-likeness (QED) is 0.314. The van der Waals surface area contributed by atoms with Crippen LogP contribution in [0.4, 0.5) is 0 Å². The Labute approximate surface area is 193 Å². The van der Waals surface area contributed by atoms with Gasteiger partial charge in [-0.2, -0.15) is 12.1 Å². The van der Waals surface area contributed by atoms with E-state index in [4.69, 9.17) is 0 Å². The van der Waals surface area contributed by atoms with Crippen molar-refractivity contribution in [3.8, 4) is 11.3 Å². The Bertz CT molecular complexity index is 1570.